The van der Waals surface area contributed by atoms with Crippen LogP contribution in [0.1, 0.15) is 26.7 Å². The number of hydrogen-bond donors (Lipinski definition) is 1. The van der Waals surface area contributed by atoms with Crippen molar-refractivity contribution < 1.29 is 18.0 Å². The second-order valence-corrected chi connectivity index (χ2v) is 4.08. The van der Waals surface area contributed by atoms with E-state index in [0.29, 0.717) is 19.0 Å². The highest BCUT2D eigenvalue weighted by atomic mass is 19.4. The van der Waals surface area contributed by atoms with Gasteiger partial charge in [0.15, 0.2) is 0 Å². The van der Waals surface area contributed by atoms with Crippen molar-refractivity contribution in [3.8, 4) is 0 Å². The van der Waals surface area contributed by atoms with Gasteiger partial charge in [-0.15, -0.1) is 0 Å². The first-order chi connectivity index (χ1) is 7.22. The third-order valence-corrected chi connectivity index (χ3v) is 1.96. The molecule has 16 heavy (non-hydrogen) atoms. The molecule has 0 aliphatic heterocycles. The highest BCUT2D eigenvalue weighted by Crippen LogP contribution is 2.15. The van der Waals surface area contributed by atoms with Crippen LogP contribution in [-0.2, 0) is 4.79 Å². The molecule has 0 aromatic rings. The first-order valence-electron chi connectivity index (χ1n) is 5.26. The summed E-state index contributed by atoms with van der Waals surface area (Å²) >= 11 is 0. The lowest BCUT2D eigenvalue weighted by Crippen LogP contribution is -2.36. The van der Waals surface area contributed by atoms with Crippen molar-refractivity contribution in [1.29, 1.82) is 0 Å². The molecule has 0 aliphatic rings. The lowest BCUT2D eigenvalue weighted by Gasteiger charge is -2.19. The third kappa shape index (κ3) is 8.52. The Bertz CT molecular complexity index is 217. The molecule has 0 atom stereocenters. The Hall–Kier alpha value is -0.780. The van der Waals surface area contributed by atoms with Crippen molar-refractivity contribution in [3.63, 3.8) is 0 Å². The van der Waals surface area contributed by atoms with E-state index in [-0.39, 0.29) is 6.42 Å². The van der Waals surface area contributed by atoms with Gasteiger partial charge in [0, 0.05) is 19.5 Å². The molecule has 0 bridgehead atoms. The second kappa shape index (κ2) is 6.73. The van der Waals surface area contributed by atoms with Crippen LogP contribution in [0.4, 0.5) is 13.2 Å². The lowest BCUT2D eigenvalue weighted by molar-refractivity contribution is -0.158. The molecular formula is C10H19F3N2O. The van der Waals surface area contributed by atoms with Gasteiger partial charge < -0.3 is 10.2 Å². The Balaban J connectivity index is 3.72. The fourth-order valence-electron chi connectivity index (χ4n) is 1.18. The predicted molar refractivity (Wildman–Crippen MR) is 56.1 cm³/mol. The Morgan fingerprint density at radius 1 is 1.38 bits per heavy atom. The highest BCUT2D eigenvalue weighted by molar-refractivity contribution is 5.75. The van der Waals surface area contributed by atoms with Crippen LogP contribution in [0.15, 0.2) is 0 Å². The minimum Gasteiger partial charge on any atom is -0.337 e. The minimum atomic E-state index is -4.32. The van der Waals surface area contributed by atoms with Gasteiger partial charge in [0.05, 0.1) is 0 Å². The van der Waals surface area contributed by atoms with Gasteiger partial charge >= 0.3 is 6.18 Å². The number of nitrogens with zero attached hydrogens (tertiary/aromatic N) is 1. The van der Waals surface area contributed by atoms with Crippen LogP contribution < -0.4 is 5.32 Å². The zero-order valence-corrected chi connectivity index (χ0v) is 9.90. The van der Waals surface area contributed by atoms with E-state index in [1.165, 1.54) is 7.05 Å². The van der Waals surface area contributed by atoms with E-state index >= 15 is 0 Å². The van der Waals surface area contributed by atoms with Crippen LogP contribution in [0.5, 0.6) is 0 Å². The number of nitrogens with one attached hydrogen (secondary N) is 1. The van der Waals surface area contributed by atoms with Gasteiger partial charge in [-0.1, -0.05) is 13.8 Å². The summed E-state index contributed by atoms with van der Waals surface area (Å²) in [6, 6.07) is 0.322. The van der Waals surface area contributed by atoms with Crippen molar-refractivity contribution >= 4 is 5.91 Å². The molecule has 96 valence electrons. The van der Waals surface area contributed by atoms with Crippen molar-refractivity contribution in [2.75, 3.05) is 20.1 Å². The Morgan fingerprint density at radius 2 is 1.94 bits per heavy atom. The van der Waals surface area contributed by atoms with Crippen molar-refractivity contribution in [3.05, 3.63) is 0 Å². The number of carbonyl (C=O) groups is 1. The van der Waals surface area contributed by atoms with Crippen LogP contribution in [0.25, 0.3) is 0 Å². The zero-order chi connectivity index (χ0) is 12.8. The number of hydrogen-bond acceptors (Lipinski definition) is 2. The number of amides is 1. The SMILES string of the molecule is CC(C)NCCCC(=O)N(C)CC(F)(F)F. The van der Waals surface area contributed by atoms with Crippen molar-refractivity contribution in [2.45, 2.75) is 38.9 Å². The number of alkyl halides is 3. The largest absolute Gasteiger partial charge is 0.406 e. The van der Waals surface area contributed by atoms with Crippen LogP contribution >= 0.6 is 0 Å². The standard InChI is InChI=1S/C10H19F3N2O/c1-8(2)14-6-4-5-9(16)15(3)7-10(11,12)13/h8,14H,4-7H2,1-3H3. The Kier molecular flexibility index (Phi) is 6.40. The van der Waals surface area contributed by atoms with Crippen LogP contribution in [-0.4, -0.2) is 43.2 Å². The van der Waals surface area contributed by atoms with E-state index < -0.39 is 18.6 Å². The quantitative estimate of drug-likeness (QED) is 0.718. The molecule has 6 heteroatoms. The Morgan fingerprint density at radius 3 is 2.38 bits per heavy atom. The van der Waals surface area contributed by atoms with E-state index in [9.17, 15) is 18.0 Å². The molecule has 0 radical (unpaired) electrons. The fourth-order valence-corrected chi connectivity index (χ4v) is 1.18. The molecular weight excluding hydrogens is 221 g/mol. The van der Waals surface area contributed by atoms with Crippen LogP contribution in [0.3, 0.4) is 0 Å². The normalized spacial score (nSPS) is 11.9. The third-order valence-electron chi connectivity index (χ3n) is 1.96. The summed E-state index contributed by atoms with van der Waals surface area (Å²) in [5, 5.41) is 3.10. The smallest absolute Gasteiger partial charge is 0.337 e. The topological polar surface area (TPSA) is 32.3 Å². The van der Waals surface area contributed by atoms with Gasteiger partial charge in [-0.25, -0.2) is 0 Å². The molecule has 0 heterocycles. The summed E-state index contributed by atoms with van der Waals surface area (Å²) in [5.41, 5.74) is 0. The summed E-state index contributed by atoms with van der Waals surface area (Å²) < 4.78 is 35.9. The number of halogens is 3. The summed E-state index contributed by atoms with van der Waals surface area (Å²) in [6.45, 7) is 3.40. The van der Waals surface area contributed by atoms with Crippen LogP contribution in [0.2, 0.25) is 0 Å². The molecule has 0 aromatic carbocycles. The van der Waals surface area contributed by atoms with Gasteiger partial charge in [-0.2, -0.15) is 13.2 Å². The average molecular weight is 240 g/mol. The maximum atomic E-state index is 12.0. The summed E-state index contributed by atoms with van der Waals surface area (Å²) in [5.74, 6) is -0.470. The predicted octanol–water partition coefficient (Wildman–Crippen LogP) is 1.79. The van der Waals surface area contributed by atoms with E-state index in [2.05, 4.69) is 5.32 Å². The molecule has 0 aliphatic carbocycles. The lowest BCUT2D eigenvalue weighted by atomic mass is 10.2. The monoisotopic (exact) mass is 240 g/mol. The molecule has 1 amide bonds. The molecule has 0 saturated carbocycles. The summed E-state index contributed by atoms with van der Waals surface area (Å²) in [6.07, 6.45) is -3.62. The highest BCUT2D eigenvalue weighted by Gasteiger charge is 2.30. The molecule has 0 unspecified atom stereocenters. The molecule has 0 saturated heterocycles. The molecule has 0 rings (SSSR count). The van der Waals surface area contributed by atoms with E-state index in [0.717, 1.165) is 4.90 Å². The summed E-state index contributed by atoms with van der Waals surface area (Å²) in [7, 11) is 1.17. The summed E-state index contributed by atoms with van der Waals surface area (Å²) in [4.78, 5) is 12.0. The average Bonchev–Trinajstić information content (AvgIpc) is 2.08. The zero-order valence-electron chi connectivity index (χ0n) is 9.90. The molecule has 0 aromatic heterocycles. The van der Waals surface area contributed by atoms with Gasteiger partial charge in [0.2, 0.25) is 5.91 Å². The van der Waals surface area contributed by atoms with Gasteiger partial charge in [-0.3, -0.25) is 4.79 Å². The van der Waals surface area contributed by atoms with E-state index in [1.54, 1.807) is 0 Å². The van der Waals surface area contributed by atoms with Crippen LogP contribution in [0, 0.1) is 0 Å². The first kappa shape index (κ1) is 15.2. The second-order valence-electron chi connectivity index (χ2n) is 4.08. The number of carbonyl (C=O) groups excluding carboxylic acids is 1. The minimum absolute atomic E-state index is 0.145. The molecule has 1 N–H and O–H groups in total. The molecule has 0 spiro atoms. The van der Waals surface area contributed by atoms with Gasteiger partial charge in [0.1, 0.15) is 6.54 Å². The maximum absolute atomic E-state index is 12.0. The maximum Gasteiger partial charge on any atom is 0.406 e. The fraction of sp³-hybridized carbons (Fsp3) is 0.900. The Labute approximate surface area is 94.0 Å². The molecule has 3 nitrogen and oxygen atoms in total. The van der Waals surface area contributed by atoms with Gasteiger partial charge in [0.25, 0.3) is 0 Å². The number of rotatable bonds is 6. The molecule has 0 fully saturated rings. The van der Waals surface area contributed by atoms with Crippen molar-refractivity contribution in [2.24, 2.45) is 0 Å². The van der Waals surface area contributed by atoms with Crippen molar-refractivity contribution in [1.82, 2.24) is 10.2 Å². The van der Waals surface area contributed by atoms with Gasteiger partial charge in [-0.05, 0) is 13.0 Å². The van der Waals surface area contributed by atoms with E-state index in [4.69, 9.17) is 0 Å². The van der Waals surface area contributed by atoms with E-state index in [1.807, 2.05) is 13.8 Å². The first-order valence-corrected chi connectivity index (χ1v) is 5.26.